The van der Waals surface area contributed by atoms with Crippen molar-refractivity contribution in [3.8, 4) is 11.5 Å². The second-order valence-corrected chi connectivity index (χ2v) is 9.53. The van der Waals surface area contributed by atoms with Gasteiger partial charge in [-0.25, -0.2) is 8.42 Å². The van der Waals surface area contributed by atoms with Crippen molar-refractivity contribution in [2.24, 2.45) is 0 Å². The first kappa shape index (κ1) is 18.3. The van der Waals surface area contributed by atoms with Gasteiger partial charge in [0, 0.05) is 23.9 Å². The second-order valence-electron chi connectivity index (χ2n) is 7.52. The molecule has 2 aliphatic rings. The van der Waals surface area contributed by atoms with Crippen LogP contribution in [-0.2, 0) is 9.84 Å². The predicted molar refractivity (Wildman–Crippen MR) is 104 cm³/mol. The number of fused-ring (bicyclic) bond motifs is 1. The van der Waals surface area contributed by atoms with Gasteiger partial charge in [0.15, 0.2) is 21.3 Å². The first-order chi connectivity index (χ1) is 12.9. The SMILES string of the molecule is C[C@@H](N[C@H]1CCC(c2ccc(S(C)(=O)=O)cc2)C1)c1cccc2c1OCO2. The summed E-state index contributed by atoms with van der Waals surface area (Å²) in [6, 6.07) is 14.0. The van der Waals surface area contributed by atoms with Crippen molar-refractivity contribution in [2.45, 2.75) is 49.1 Å². The molecule has 1 aliphatic heterocycles. The lowest BCUT2D eigenvalue weighted by molar-refractivity contribution is 0.172. The molecule has 1 aliphatic carbocycles. The smallest absolute Gasteiger partial charge is 0.231 e. The summed E-state index contributed by atoms with van der Waals surface area (Å²) in [4.78, 5) is 0.382. The van der Waals surface area contributed by atoms with Crippen LogP contribution in [0.1, 0.15) is 49.3 Å². The highest BCUT2D eigenvalue weighted by atomic mass is 32.2. The minimum atomic E-state index is -3.14. The standard InChI is InChI=1S/C21H25NO4S/c1-14(19-4-3-5-20-21(19)26-13-25-20)22-17-9-6-16(12-17)15-7-10-18(11-8-15)27(2,23)24/h3-5,7-8,10-11,14,16-17,22H,6,9,12-13H2,1-2H3/t14-,16?,17+/m1/s1. The number of ether oxygens (including phenoxy) is 2. The lowest BCUT2D eigenvalue weighted by atomic mass is 9.97. The molecule has 6 heteroatoms. The van der Waals surface area contributed by atoms with Gasteiger partial charge in [0.25, 0.3) is 0 Å². The molecule has 1 heterocycles. The van der Waals surface area contributed by atoms with Gasteiger partial charge in [0.2, 0.25) is 6.79 Å². The minimum Gasteiger partial charge on any atom is -0.454 e. The zero-order valence-electron chi connectivity index (χ0n) is 15.6. The average Bonchev–Trinajstić information content (AvgIpc) is 3.30. The zero-order valence-corrected chi connectivity index (χ0v) is 16.5. The molecule has 3 atom stereocenters. The number of benzene rings is 2. The maximum atomic E-state index is 11.6. The Morgan fingerprint density at radius 1 is 1.07 bits per heavy atom. The van der Waals surface area contributed by atoms with Crippen molar-refractivity contribution in [1.82, 2.24) is 5.32 Å². The van der Waals surface area contributed by atoms with Crippen LogP contribution in [0.3, 0.4) is 0 Å². The molecule has 1 N–H and O–H groups in total. The second kappa shape index (κ2) is 7.17. The van der Waals surface area contributed by atoms with Gasteiger partial charge in [-0.2, -0.15) is 0 Å². The highest BCUT2D eigenvalue weighted by molar-refractivity contribution is 7.90. The molecule has 0 aromatic heterocycles. The van der Waals surface area contributed by atoms with E-state index in [2.05, 4.69) is 18.3 Å². The molecule has 1 saturated carbocycles. The number of para-hydroxylation sites is 1. The van der Waals surface area contributed by atoms with E-state index in [1.54, 1.807) is 12.1 Å². The van der Waals surface area contributed by atoms with Gasteiger partial charge in [-0.1, -0.05) is 24.3 Å². The van der Waals surface area contributed by atoms with E-state index in [9.17, 15) is 8.42 Å². The number of hydrogen-bond acceptors (Lipinski definition) is 5. The molecule has 0 amide bonds. The first-order valence-electron chi connectivity index (χ1n) is 9.36. The van der Waals surface area contributed by atoms with E-state index in [0.29, 0.717) is 16.9 Å². The monoisotopic (exact) mass is 387 g/mol. The van der Waals surface area contributed by atoms with E-state index in [-0.39, 0.29) is 12.8 Å². The lowest BCUT2D eigenvalue weighted by Gasteiger charge is -2.21. The van der Waals surface area contributed by atoms with E-state index in [0.717, 1.165) is 36.3 Å². The minimum absolute atomic E-state index is 0.179. The van der Waals surface area contributed by atoms with E-state index >= 15 is 0 Å². The first-order valence-corrected chi connectivity index (χ1v) is 11.3. The zero-order chi connectivity index (χ0) is 19.0. The number of nitrogens with one attached hydrogen (secondary N) is 1. The van der Waals surface area contributed by atoms with E-state index in [1.165, 1.54) is 11.8 Å². The summed E-state index contributed by atoms with van der Waals surface area (Å²) < 4.78 is 34.4. The molecule has 5 nitrogen and oxygen atoms in total. The molecule has 144 valence electrons. The van der Waals surface area contributed by atoms with E-state index in [4.69, 9.17) is 9.47 Å². The summed E-state index contributed by atoms with van der Waals surface area (Å²) in [5.41, 5.74) is 2.35. The maximum Gasteiger partial charge on any atom is 0.231 e. The Morgan fingerprint density at radius 3 is 2.59 bits per heavy atom. The fraction of sp³-hybridized carbons (Fsp3) is 0.429. The maximum absolute atomic E-state index is 11.6. The van der Waals surface area contributed by atoms with Crippen LogP contribution in [0.15, 0.2) is 47.4 Å². The number of sulfone groups is 1. The van der Waals surface area contributed by atoms with Gasteiger partial charge >= 0.3 is 0 Å². The molecule has 0 bridgehead atoms. The summed E-state index contributed by atoms with van der Waals surface area (Å²) in [7, 11) is -3.14. The third kappa shape index (κ3) is 3.82. The highest BCUT2D eigenvalue weighted by Crippen LogP contribution is 2.40. The van der Waals surface area contributed by atoms with Gasteiger partial charge in [0.05, 0.1) is 4.90 Å². The number of hydrogen-bond donors (Lipinski definition) is 1. The molecule has 0 spiro atoms. The summed E-state index contributed by atoms with van der Waals surface area (Å²) >= 11 is 0. The fourth-order valence-corrected chi connectivity index (χ4v) is 4.79. The van der Waals surface area contributed by atoms with Crippen LogP contribution in [0.25, 0.3) is 0 Å². The third-order valence-electron chi connectivity index (χ3n) is 5.59. The Bertz CT molecular complexity index is 924. The molecule has 0 saturated heterocycles. The molecule has 1 unspecified atom stereocenters. The Labute approximate surface area is 160 Å². The Kier molecular flexibility index (Phi) is 4.86. The topological polar surface area (TPSA) is 64.6 Å². The van der Waals surface area contributed by atoms with Crippen molar-refractivity contribution in [3.05, 3.63) is 53.6 Å². The van der Waals surface area contributed by atoms with Gasteiger partial charge in [-0.15, -0.1) is 0 Å². The van der Waals surface area contributed by atoms with Gasteiger partial charge in [-0.3, -0.25) is 0 Å². The van der Waals surface area contributed by atoms with Crippen LogP contribution < -0.4 is 14.8 Å². The quantitative estimate of drug-likeness (QED) is 0.845. The molecule has 0 radical (unpaired) electrons. The lowest BCUT2D eigenvalue weighted by Crippen LogP contribution is -2.29. The van der Waals surface area contributed by atoms with Crippen LogP contribution in [0.5, 0.6) is 11.5 Å². The molecule has 2 aromatic rings. The van der Waals surface area contributed by atoms with Crippen LogP contribution in [0, 0.1) is 0 Å². The van der Waals surface area contributed by atoms with Crippen molar-refractivity contribution >= 4 is 9.84 Å². The Morgan fingerprint density at radius 2 is 1.85 bits per heavy atom. The van der Waals surface area contributed by atoms with Crippen molar-refractivity contribution in [3.63, 3.8) is 0 Å². The molecule has 27 heavy (non-hydrogen) atoms. The van der Waals surface area contributed by atoms with Crippen LogP contribution in [-0.4, -0.2) is 27.5 Å². The average molecular weight is 388 g/mol. The fourth-order valence-electron chi connectivity index (χ4n) is 4.16. The van der Waals surface area contributed by atoms with Crippen LogP contribution in [0.2, 0.25) is 0 Å². The van der Waals surface area contributed by atoms with Crippen molar-refractivity contribution in [1.29, 1.82) is 0 Å². The van der Waals surface area contributed by atoms with Crippen molar-refractivity contribution < 1.29 is 17.9 Å². The van der Waals surface area contributed by atoms with Crippen LogP contribution >= 0.6 is 0 Å². The molecule has 1 fully saturated rings. The molecular formula is C21H25NO4S. The summed E-state index contributed by atoms with van der Waals surface area (Å²) in [5, 5.41) is 3.73. The molecular weight excluding hydrogens is 362 g/mol. The normalized spacial score (nSPS) is 22.7. The third-order valence-corrected chi connectivity index (χ3v) is 6.72. The van der Waals surface area contributed by atoms with Crippen LogP contribution in [0.4, 0.5) is 0 Å². The van der Waals surface area contributed by atoms with Gasteiger partial charge < -0.3 is 14.8 Å². The van der Waals surface area contributed by atoms with E-state index in [1.807, 2.05) is 24.3 Å². The summed E-state index contributed by atoms with van der Waals surface area (Å²) in [6.45, 7) is 2.44. The predicted octanol–water partition coefficient (Wildman–Crippen LogP) is 3.81. The largest absolute Gasteiger partial charge is 0.454 e. The summed E-state index contributed by atoms with van der Waals surface area (Å²) in [5.74, 6) is 2.13. The Hall–Kier alpha value is -2.05. The van der Waals surface area contributed by atoms with Crippen molar-refractivity contribution in [2.75, 3.05) is 13.0 Å². The summed E-state index contributed by atoms with van der Waals surface area (Å²) in [6.07, 6.45) is 4.51. The Balaban J connectivity index is 1.41. The highest BCUT2D eigenvalue weighted by Gasteiger charge is 2.29. The molecule has 2 aromatic carbocycles. The molecule has 4 rings (SSSR count). The van der Waals surface area contributed by atoms with E-state index < -0.39 is 9.84 Å². The number of rotatable bonds is 5. The van der Waals surface area contributed by atoms with Gasteiger partial charge in [0.1, 0.15) is 0 Å². The van der Waals surface area contributed by atoms with Gasteiger partial charge in [-0.05, 0) is 55.9 Å².